The summed E-state index contributed by atoms with van der Waals surface area (Å²) in [5.41, 5.74) is 9.82. The van der Waals surface area contributed by atoms with E-state index in [1.807, 2.05) is 30.3 Å². The Bertz CT molecular complexity index is 1400. The molecule has 0 bridgehead atoms. The van der Waals surface area contributed by atoms with E-state index in [0.717, 1.165) is 35.4 Å². The molecule has 1 amide bonds. The number of hydrogen-bond acceptors (Lipinski definition) is 7. The molecular weight excluding hydrogens is 444 g/mol. The van der Waals surface area contributed by atoms with Gasteiger partial charge in [0.2, 0.25) is 11.6 Å². The van der Waals surface area contributed by atoms with E-state index < -0.39 is 0 Å². The van der Waals surface area contributed by atoms with Gasteiger partial charge >= 0.3 is 0 Å². The van der Waals surface area contributed by atoms with Crippen LogP contribution in [0, 0.1) is 6.92 Å². The Morgan fingerprint density at radius 3 is 2.69 bits per heavy atom. The van der Waals surface area contributed by atoms with Crippen molar-refractivity contribution in [1.29, 1.82) is 0 Å². The molecule has 1 aliphatic heterocycles. The van der Waals surface area contributed by atoms with Gasteiger partial charge in [0, 0.05) is 61.9 Å². The van der Waals surface area contributed by atoms with Crippen molar-refractivity contribution < 1.29 is 4.79 Å². The highest BCUT2D eigenvalue weighted by Gasteiger charge is 2.24. The van der Waals surface area contributed by atoms with E-state index in [-0.39, 0.29) is 11.5 Å². The molecule has 0 aromatic carbocycles. The van der Waals surface area contributed by atoms with Gasteiger partial charge in [0.1, 0.15) is 5.82 Å². The van der Waals surface area contributed by atoms with Crippen molar-refractivity contribution >= 4 is 17.4 Å². The number of fused-ring (bicyclic) bond motifs is 1. The van der Waals surface area contributed by atoms with Crippen molar-refractivity contribution in [2.45, 2.75) is 44.9 Å². The third-order valence-electron chi connectivity index (χ3n) is 6.65. The van der Waals surface area contributed by atoms with Crippen LogP contribution in [0.1, 0.15) is 48.6 Å². The maximum atomic E-state index is 12.8. The predicted octanol–water partition coefficient (Wildman–Crippen LogP) is 2.49. The molecule has 1 saturated heterocycles. The number of carbonyl (C=O) groups excluding carboxylic acids is 1. The molecule has 1 fully saturated rings. The fourth-order valence-electron chi connectivity index (χ4n) is 4.68. The van der Waals surface area contributed by atoms with Crippen LogP contribution < -0.4 is 11.3 Å². The Balaban J connectivity index is 1.16. The first kappa shape index (κ1) is 22.7. The normalized spacial score (nSPS) is 14.5. The van der Waals surface area contributed by atoms with Gasteiger partial charge in [0.15, 0.2) is 5.82 Å². The summed E-state index contributed by atoms with van der Waals surface area (Å²) in [4.78, 5) is 46.9. The van der Waals surface area contributed by atoms with Crippen LogP contribution in [0.5, 0.6) is 0 Å². The first-order chi connectivity index (χ1) is 17.0. The topological polar surface area (TPSA) is 135 Å². The number of likely N-dealkylation sites (tertiary alicyclic amines) is 1. The maximum absolute atomic E-state index is 12.8. The highest BCUT2D eigenvalue weighted by atomic mass is 16.2. The molecule has 4 aromatic rings. The van der Waals surface area contributed by atoms with E-state index in [0.29, 0.717) is 55.6 Å². The van der Waals surface area contributed by atoms with E-state index in [9.17, 15) is 9.59 Å². The fraction of sp³-hybridized carbons (Fsp3) is 0.360. The SMILES string of the molecule is Cc1cnc2c(=O)[nH]c(CCCC(=O)N3CCC(c4cnc(N)c(-c5ncccn5)c4)CC3)cn12. The number of piperidine rings is 1. The molecule has 3 N–H and O–H groups in total. The van der Waals surface area contributed by atoms with Crippen LogP contribution in [-0.2, 0) is 11.2 Å². The van der Waals surface area contributed by atoms with Gasteiger partial charge in [-0.3, -0.25) is 14.0 Å². The number of nitrogens with one attached hydrogen (secondary N) is 1. The molecule has 5 heterocycles. The Hall–Kier alpha value is -4.08. The molecule has 180 valence electrons. The van der Waals surface area contributed by atoms with Crippen LogP contribution >= 0.6 is 0 Å². The molecule has 0 spiro atoms. The zero-order valence-electron chi connectivity index (χ0n) is 19.6. The second-order valence-corrected chi connectivity index (χ2v) is 8.98. The van der Waals surface area contributed by atoms with Gasteiger partial charge in [-0.25, -0.2) is 19.9 Å². The number of rotatable bonds is 6. The monoisotopic (exact) mass is 472 g/mol. The number of nitrogen functional groups attached to an aromatic ring is 1. The molecule has 1 aliphatic rings. The molecule has 4 aromatic heterocycles. The minimum Gasteiger partial charge on any atom is -0.383 e. The van der Waals surface area contributed by atoms with Gasteiger partial charge in [-0.05, 0) is 56.2 Å². The summed E-state index contributed by atoms with van der Waals surface area (Å²) < 4.78 is 1.79. The quantitative estimate of drug-likeness (QED) is 0.440. The van der Waals surface area contributed by atoms with E-state index in [1.165, 1.54) is 0 Å². The number of nitrogens with two attached hydrogens (primary N) is 1. The highest BCUT2D eigenvalue weighted by Crippen LogP contribution is 2.31. The lowest BCUT2D eigenvalue weighted by Crippen LogP contribution is -2.37. The largest absolute Gasteiger partial charge is 0.383 e. The lowest BCUT2D eigenvalue weighted by Gasteiger charge is -2.32. The number of H-pyrrole nitrogens is 1. The number of imidazole rings is 1. The van der Waals surface area contributed by atoms with Crippen molar-refractivity contribution in [1.82, 2.24) is 34.2 Å². The van der Waals surface area contributed by atoms with Gasteiger partial charge in [0.05, 0.1) is 5.56 Å². The zero-order valence-corrected chi connectivity index (χ0v) is 19.6. The van der Waals surface area contributed by atoms with Crippen LogP contribution in [0.2, 0.25) is 0 Å². The number of carbonyl (C=O) groups is 1. The number of hydrogen-bond donors (Lipinski definition) is 2. The van der Waals surface area contributed by atoms with E-state index in [4.69, 9.17) is 5.73 Å². The van der Waals surface area contributed by atoms with Crippen molar-refractivity contribution in [3.63, 3.8) is 0 Å². The first-order valence-corrected chi connectivity index (χ1v) is 11.9. The Morgan fingerprint density at radius 1 is 1.14 bits per heavy atom. The van der Waals surface area contributed by atoms with Crippen molar-refractivity contribution in [2.24, 2.45) is 0 Å². The molecule has 0 aliphatic carbocycles. The smallest absolute Gasteiger partial charge is 0.291 e. The number of aromatic amines is 1. The van der Waals surface area contributed by atoms with Gasteiger partial charge < -0.3 is 15.6 Å². The van der Waals surface area contributed by atoms with Gasteiger partial charge in [-0.15, -0.1) is 0 Å². The minimum absolute atomic E-state index is 0.152. The summed E-state index contributed by atoms with van der Waals surface area (Å²) >= 11 is 0. The molecule has 0 saturated carbocycles. The summed E-state index contributed by atoms with van der Waals surface area (Å²) in [5.74, 6) is 1.44. The lowest BCUT2D eigenvalue weighted by molar-refractivity contribution is -0.132. The van der Waals surface area contributed by atoms with Crippen molar-refractivity contribution in [3.8, 4) is 11.4 Å². The second kappa shape index (κ2) is 9.65. The standard InChI is InChI=1S/C25H28N8O2/c1-16-13-30-24-25(35)31-19(15-33(16)24)4-2-5-21(34)32-10-6-17(7-11-32)18-12-20(22(26)29-14-18)23-27-8-3-9-28-23/h3,8-9,12-15,17H,2,4-7,10-11H2,1H3,(H2,26,29)(H,31,35). The number of amides is 1. The van der Waals surface area contributed by atoms with Gasteiger partial charge in [-0.1, -0.05) is 0 Å². The fourth-order valence-corrected chi connectivity index (χ4v) is 4.68. The number of aryl methyl sites for hydroxylation is 2. The molecule has 0 atom stereocenters. The highest BCUT2D eigenvalue weighted by molar-refractivity contribution is 5.76. The summed E-state index contributed by atoms with van der Waals surface area (Å²) in [6.07, 6.45) is 12.3. The summed E-state index contributed by atoms with van der Waals surface area (Å²) in [6.45, 7) is 3.33. The van der Waals surface area contributed by atoms with Crippen LogP contribution in [0.4, 0.5) is 5.82 Å². The number of pyridine rings is 1. The lowest BCUT2D eigenvalue weighted by atomic mass is 9.89. The zero-order chi connectivity index (χ0) is 24.4. The molecule has 0 unspecified atom stereocenters. The average molecular weight is 473 g/mol. The summed E-state index contributed by atoms with van der Waals surface area (Å²) in [7, 11) is 0. The third-order valence-corrected chi connectivity index (χ3v) is 6.65. The minimum atomic E-state index is -0.205. The molecule has 0 radical (unpaired) electrons. The van der Waals surface area contributed by atoms with E-state index in [1.54, 1.807) is 29.1 Å². The second-order valence-electron chi connectivity index (χ2n) is 8.98. The van der Waals surface area contributed by atoms with Gasteiger partial charge in [0.25, 0.3) is 5.56 Å². The van der Waals surface area contributed by atoms with Crippen molar-refractivity contribution in [2.75, 3.05) is 18.8 Å². The Morgan fingerprint density at radius 2 is 1.91 bits per heavy atom. The van der Waals surface area contributed by atoms with Crippen LogP contribution in [0.25, 0.3) is 17.0 Å². The molecule has 35 heavy (non-hydrogen) atoms. The van der Waals surface area contributed by atoms with E-state index in [2.05, 4.69) is 24.9 Å². The Labute approximate surface area is 202 Å². The molecule has 5 rings (SSSR count). The average Bonchev–Trinajstić information content (AvgIpc) is 3.26. The van der Waals surface area contributed by atoms with Crippen LogP contribution in [0.3, 0.4) is 0 Å². The molecular formula is C25H28N8O2. The summed E-state index contributed by atoms with van der Waals surface area (Å²) in [5, 5.41) is 0. The number of nitrogens with zero attached hydrogens (tertiary/aromatic N) is 6. The third kappa shape index (κ3) is 4.77. The van der Waals surface area contributed by atoms with Gasteiger partial charge in [-0.2, -0.15) is 0 Å². The molecule has 10 heteroatoms. The van der Waals surface area contributed by atoms with Crippen LogP contribution in [-0.4, -0.2) is 53.2 Å². The molecule has 10 nitrogen and oxygen atoms in total. The maximum Gasteiger partial charge on any atom is 0.291 e. The predicted molar refractivity (Wildman–Crippen MR) is 132 cm³/mol. The van der Waals surface area contributed by atoms with E-state index >= 15 is 0 Å². The number of aromatic nitrogens is 6. The summed E-state index contributed by atoms with van der Waals surface area (Å²) in [6, 6.07) is 3.79. The van der Waals surface area contributed by atoms with Crippen molar-refractivity contribution in [3.05, 3.63) is 70.4 Å². The Kier molecular flexibility index (Phi) is 6.26. The first-order valence-electron chi connectivity index (χ1n) is 11.9. The van der Waals surface area contributed by atoms with Crippen LogP contribution in [0.15, 0.2) is 47.9 Å². The number of anilines is 1.